The summed E-state index contributed by atoms with van der Waals surface area (Å²) in [5.41, 5.74) is 0.807. The predicted molar refractivity (Wildman–Crippen MR) is 65.4 cm³/mol. The maximum absolute atomic E-state index is 11.7. The van der Waals surface area contributed by atoms with Crippen molar-refractivity contribution in [3.63, 3.8) is 0 Å². The van der Waals surface area contributed by atoms with Crippen LogP contribution in [0.4, 0.5) is 5.69 Å². The van der Waals surface area contributed by atoms with Gasteiger partial charge in [-0.25, -0.2) is 4.68 Å². The van der Waals surface area contributed by atoms with Crippen LogP contribution in [-0.2, 0) is 11.3 Å². The van der Waals surface area contributed by atoms with Crippen molar-refractivity contribution in [1.82, 2.24) is 9.78 Å². The van der Waals surface area contributed by atoms with Gasteiger partial charge in [0.15, 0.2) is 0 Å². The molecule has 0 unspecified atom stereocenters. The Kier molecular flexibility index (Phi) is 3.84. The maximum atomic E-state index is 11.7. The van der Waals surface area contributed by atoms with E-state index >= 15 is 0 Å². The van der Waals surface area contributed by atoms with E-state index in [-0.39, 0.29) is 5.56 Å². The number of ether oxygens (including phenoxy) is 1. The number of morpholine rings is 1. The van der Waals surface area contributed by atoms with Crippen LogP contribution in [0.15, 0.2) is 17.1 Å². The van der Waals surface area contributed by atoms with Crippen molar-refractivity contribution in [2.24, 2.45) is 0 Å². The SMILES string of the molecule is O=c1cc(N2CCOCC2)cnn1CCS. The Balaban J connectivity index is 2.16. The van der Waals surface area contributed by atoms with E-state index in [0.717, 1.165) is 18.8 Å². The van der Waals surface area contributed by atoms with Gasteiger partial charge in [-0.3, -0.25) is 4.79 Å². The minimum absolute atomic E-state index is 0.0713. The molecular formula is C10H15N3O2S. The van der Waals surface area contributed by atoms with Gasteiger partial charge in [-0.1, -0.05) is 0 Å². The highest BCUT2D eigenvalue weighted by Gasteiger charge is 2.12. The van der Waals surface area contributed by atoms with Crippen LogP contribution < -0.4 is 10.5 Å². The topological polar surface area (TPSA) is 47.4 Å². The van der Waals surface area contributed by atoms with E-state index in [9.17, 15) is 4.79 Å². The molecule has 0 N–H and O–H groups in total. The van der Waals surface area contributed by atoms with Crippen molar-refractivity contribution >= 4 is 18.3 Å². The number of nitrogens with zero attached hydrogens (tertiary/aromatic N) is 3. The van der Waals surface area contributed by atoms with E-state index in [4.69, 9.17) is 4.74 Å². The van der Waals surface area contributed by atoms with Gasteiger partial charge in [0.05, 0.1) is 31.6 Å². The van der Waals surface area contributed by atoms with Gasteiger partial charge in [-0.05, 0) is 0 Å². The highest BCUT2D eigenvalue weighted by molar-refractivity contribution is 7.80. The average Bonchev–Trinajstić information content (AvgIpc) is 2.33. The zero-order valence-electron chi connectivity index (χ0n) is 9.00. The molecule has 0 atom stereocenters. The molecule has 1 aromatic heterocycles. The Hall–Kier alpha value is -1.01. The third-order valence-electron chi connectivity index (χ3n) is 2.54. The summed E-state index contributed by atoms with van der Waals surface area (Å²) >= 11 is 4.08. The number of thiol groups is 1. The molecule has 5 nitrogen and oxygen atoms in total. The highest BCUT2D eigenvalue weighted by atomic mass is 32.1. The van der Waals surface area contributed by atoms with Crippen molar-refractivity contribution in [2.45, 2.75) is 6.54 Å². The fraction of sp³-hybridized carbons (Fsp3) is 0.600. The summed E-state index contributed by atoms with van der Waals surface area (Å²) in [6.45, 7) is 3.60. The minimum Gasteiger partial charge on any atom is -0.378 e. The molecule has 1 saturated heterocycles. The van der Waals surface area contributed by atoms with Gasteiger partial charge in [0.25, 0.3) is 5.56 Å². The molecule has 1 aliphatic rings. The largest absolute Gasteiger partial charge is 0.378 e. The third kappa shape index (κ3) is 2.56. The fourth-order valence-electron chi connectivity index (χ4n) is 1.68. The average molecular weight is 241 g/mol. The summed E-state index contributed by atoms with van der Waals surface area (Å²) in [7, 11) is 0. The number of anilines is 1. The molecule has 0 aromatic carbocycles. The first-order valence-electron chi connectivity index (χ1n) is 5.32. The summed E-state index contributed by atoms with van der Waals surface area (Å²) in [5, 5.41) is 4.12. The van der Waals surface area contributed by atoms with E-state index in [2.05, 4.69) is 22.6 Å². The van der Waals surface area contributed by atoms with E-state index in [1.807, 2.05) is 0 Å². The number of hydrogen-bond donors (Lipinski definition) is 1. The van der Waals surface area contributed by atoms with Gasteiger partial charge in [-0.15, -0.1) is 0 Å². The molecule has 0 amide bonds. The van der Waals surface area contributed by atoms with Crippen LogP contribution in [-0.4, -0.2) is 41.8 Å². The molecule has 0 bridgehead atoms. The normalized spacial score (nSPS) is 16.4. The van der Waals surface area contributed by atoms with Gasteiger partial charge in [0, 0.05) is 24.9 Å². The maximum Gasteiger partial charge on any atom is 0.268 e. The van der Waals surface area contributed by atoms with Gasteiger partial charge in [-0.2, -0.15) is 17.7 Å². The molecule has 2 heterocycles. The molecule has 88 valence electrons. The summed E-state index contributed by atoms with van der Waals surface area (Å²) in [6.07, 6.45) is 1.73. The van der Waals surface area contributed by atoms with E-state index in [1.165, 1.54) is 4.68 Å². The second kappa shape index (κ2) is 5.36. The van der Waals surface area contributed by atoms with Gasteiger partial charge < -0.3 is 9.64 Å². The van der Waals surface area contributed by atoms with Crippen LogP contribution in [0.1, 0.15) is 0 Å². The van der Waals surface area contributed by atoms with Crippen molar-refractivity contribution in [1.29, 1.82) is 0 Å². The van der Waals surface area contributed by atoms with Crippen molar-refractivity contribution in [2.75, 3.05) is 37.0 Å². The Bertz CT molecular complexity index is 401. The number of aryl methyl sites for hydroxylation is 1. The van der Waals surface area contributed by atoms with E-state index < -0.39 is 0 Å². The lowest BCUT2D eigenvalue weighted by Crippen LogP contribution is -2.37. The fourth-order valence-corrected chi connectivity index (χ4v) is 1.87. The van der Waals surface area contributed by atoms with Crippen LogP contribution in [0.25, 0.3) is 0 Å². The highest BCUT2D eigenvalue weighted by Crippen LogP contribution is 2.11. The Labute approximate surface area is 99.4 Å². The molecule has 0 aliphatic carbocycles. The van der Waals surface area contributed by atoms with Gasteiger partial charge in [0.1, 0.15) is 0 Å². The summed E-state index contributed by atoms with van der Waals surface area (Å²) in [6, 6.07) is 1.63. The number of rotatable bonds is 3. The van der Waals surface area contributed by atoms with Gasteiger partial charge in [0.2, 0.25) is 0 Å². The number of aromatic nitrogens is 2. The first-order chi connectivity index (χ1) is 7.81. The smallest absolute Gasteiger partial charge is 0.268 e. The lowest BCUT2D eigenvalue weighted by molar-refractivity contribution is 0.122. The van der Waals surface area contributed by atoms with Crippen LogP contribution >= 0.6 is 12.6 Å². The van der Waals surface area contributed by atoms with Crippen LogP contribution in [0.2, 0.25) is 0 Å². The predicted octanol–water partition coefficient (Wildman–Crippen LogP) is 0.00970. The minimum atomic E-state index is -0.0713. The Morgan fingerprint density at radius 1 is 1.44 bits per heavy atom. The first kappa shape index (κ1) is 11.5. The van der Waals surface area contributed by atoms with Crippen LogP contribution in [0, 0.1) is 0 Å². The molecule has 0 radical (unpaired) electrons. The molecule has 0 spiro atoms. The lowest BCUT2D eigenvalue weighted by Gasteiger charge is -2.28. The van der Waals surface area contributed by atoms with Crippen molar-refractivity contribution in [3.05, 3.63) is 22.6 Å². The zero-order chi connectivity index (χ0) is 11.4. The molecule has 0 saturated carbocycles. The Morgan fingerprint density at radius 3 is 2.81 bits per heavy atom. The summed E-state index contributed by atoms with van der Waals surface area (Å²) < 4.78 is 6.69. The molecule has 16 heavy (non-hydrogen) atoms. The molecule has 6 heteroatoms. The lowest BCUT2D eigenvalue weighted by atomic mass is 10.3. The Morgan fingerprint density at radius 2 is 2.19 bits per heavy atom. The first-order valence-corrected chi connectivity index (χ1v) is 5.95. The number of hydrogen-bond acceptors (Lipinski definition) is 5. The molecule has 1 fully saturated rings. The molecule has 1 aromatic rings. The third-order valence-corrected chi connectivity index (χ3v) is 2.74. The van der Waals surface area contributed by atoms with Crippen molar-refractivity contribution < 1.29 is 4.74 Å². The quantitative estimate of drug-likeness (QED) is 0.757. The summed E-state index contributed by atoms with van der Waals surface area (Å²) in [4.78, 5) is 13.8. The zero-order valence-corrected chi connectivity index (χ0v) is 9.90. The summed E-state index contributed by atoms with van der Waals surface area (Å²) in [5.74, 6) is 0.615. The second-order valence-electron chi connectivity index (χ2n) is 3.60. The van der Waals surface area contributed by atoms with Crippen LogP contribution in [0.3, 0.4) is 0 Å². The second-order valence-corrected chi connectivity index (χ2v) is 4.05. The molecule has 1 aliphatic heterocycles. The van der Waals surface area contributed by atoms with E-state index in [0.29, 0.717) is 25.5 Å². The van der Waals surface area contributed by atoms with Crippen molar-refractivity contribution in [3.8, 4) is 0 Å². The van der Waals surface area contributed by atoms with E-state index in [1.54, 1.807) is 12.3 Å². The monoisotopic (exact) mass is 241 g/mol. The van der Waals surface area contributed by atoms with Crippen LogP contribution in [0.5, 0.6) is 0 Å². The molecular weight excluding hydrogens is 226 g/mol. The standard InChI is InChI=1S/C10H15N3O2S/c14-10-7-9(8-11-13(10)3-6-16)12-1-4-15-5-2-12/h7-8,16H,1-6H2. The van der Waals surface area contributed by atoms with Gasteiger partial charge >= 0.3 is 0 Å². The molecule has 2 rings (SSSR count).